The minimum absolute atomic E-state index is 3.40. The van der Waals surface area contributed by atoms with E-state index < -0.39 is 40.5 Å². The van der Waals surface area contributed by atoms with Gasteiger partial charge in [0.2, 0.25) is 0 Å². The second-order valence-electron chi connectivity index (χ2n) is 3.50. The second-order valence-corrected chi connectivity index (χ2v) is 3.88. The fourth-order valence-corrected chi connectivity index (χ4v) is 1.38. The Morgan fingerprint density at radius 3 is 1.26 bits per heavy atom. The van der Waals surface area contributed by atoms with Crippen molar-refractivity contribution in [2.75, 3.05) is 0 Å². The van der Waals surface area contributed by atoms with Crippen molar-refractivity contribution in [2.24, 2.45) is 0 Å². The van der Waals surface area contributed by atoms with Gasteiger partial charge in [0.1, 0.15) is 5.03 Å². The third-order valence-corrected chi connectivity index (χ3v) is 2.72. The van der Waals surface area contributed by atoms with E-state index in [4.69, 9.17) is 0 Å². The van der Waals surface area contributed by atoms with Crippen molar-refractivity contribution >= 4 is 11.6 Å². The number of rotatable bonds is 0. The molecule has 112 valence electrons. The van der Waals surface area contributed by atoms with Crippen LogP contribution in [0.3, 0.4) is 0 Å². The molecule has 0 saturated carbocycles. The molecule has 12 heteroatoms. The molecule has 0 atom stereocenters. The number of hydrogen-bond acceptors (Lipinski definition) is 0. The van der Waals surface area contributed by atoms with Gasteiger partial charge in [0.05, 0.1) is 0 Å². The predicted molar refractivity (Wildman–Crippen MR) is 38.7 cm³/mol. The van der Waals surface area contributed by atoms with E-state index >= 15 is 0 Å². The Morgan fingerprint density at radius 2 is 0.895 bits per heavy atom. The van der Waals surface area contributed by atoms with Gasteiger partial charge in [0.15, 0.2) is 5.83 Å². The minimum Gasteiger partial charge on any atom is -0.203 e. The molecule has 0 N–H and O–H groups in total. The Labute approximate surface area is 101 Å². The largest absolute Gasteiger partial charge is 0.385 e. The lowest BCUT2D eigenvalue weighted by molar-refractivity contribution is -0.384. The summed E-state index contributed by atoms with van der Waals surface area (Å²) in [6, 6.07) is 0. The lowest BCUT2D eigenvalue weighted by Crippen LogP contribution is -2.65. The molecule has 0 saturated heterocycles. The van der Waals surface area contributed by atoms with E-state index in [0.717, 1.165) is 0 Å². The lowest BCUT2D eigenvalue weighted by atomic mass is 9.98. The van der Waals surface area contributed by atoms with Crippen LogP contribution in [-0.4, -0.2) is 29.6 Å². The van der Waals surface area contributed by atoms with Gasteiger partial charge in [-0.15, -0.1) is 0 Å². The molecular formula is C7ClF11. The van der Waals surface area contributed by atoms with Gasteiger partial charge < -0.3 is 0 Å². The average molecular weight is 329 g/mol. The van der Waals surface area contributed by atoms with Crippen LogP contribution in [0.1, 0.15) is 0 Å². The van der Waals surface area contributed by atoms with Crippen molar-refractivity contribution in [2.45, 2.75) is 29.6 Å². The molecule has 0 amide bonds. The van der Waals surface area contributed by atoms with Crippen LogP contribution >= 0.6 is 11.6 Å². The molecule has 0 aromatic rings. The summed E-state index contributed by atoms with van der Waals surface area (Å²) in [5, 5.41) is -3.40. The average Bonchev–Trinajstić information content (AvgIpc) is 2.25. The topological polar surface area (TPSA) is 0 Å². The summed E-state index contributed by atoms with van der Waals surface area (Å²) >= 11 is 4.11. The molecule has 0 bridgehead atoms. The SMILES string of the molecule is FC1=C(Cl)C(F)(F)C(F)(F)C(F)(F)C(F)(F)C1(F)F. The number of halogens is 12. The highest BCUT2D eigenvalue weighted by Gasteiger charge is 2.90. The summed E-state index contributed by atoms with van der Waals surface area (Å²) in [5.41, 5.74) is 0. The highest BCUT2D eigenvalue weighted by atomic mass is 35.5. The van der Waals surface area contributed by atoms with E-state index in [1.54, 1.807) is 0 Å². The van der Waals surface area contributed by atoms with Crippen LogP contribution in [0.5, 0.6) is 0 Å². The van der Waals surface area contributed by atoms with E-state index in [1.807, 2.05) is 0 Å². The first-order valence-corrected chi connectivity index (χ1v) is 4.40. The summed E-state index contributed by atoms with van der Waals surface area (Å²) in [6.45, 7) is 0. The highest BCUT2D eigenvalue weighted by molar-refractivity contribution is 6.31. The van der Waals surface area contributed by atoms with Gasteiger partial charge in [-0.3, -0.25) is 0 Å². The minimum atomic E-state index is -7.25. The maximum absolute atomic E-state index is 12.7. The van der Waals surface area contributed by atoms with Crippen LogP contribution in [0.15, 0.2) is 10.9 Å². The van der Waals surface area contributed by atoms with E-state index in [2.05, 4.69) is 11.6 Å². The zero-order chi connectivity index (χ0) is 15.7. The number of alkyl halides is 10. The van der Waals surface area contributed by atoms with Crippen LogP contribution < -0.4 is 0 Å². The monoisotopic (exact) mass is 328 g/mol. The summed E-state index contributed by atoms with van der Waals surface area (Å²) in [7, 11) is 0. The molecule has 0 heterocycles. The van der Waals surface area contributed by atoms with Gasteiger partial charge in [0.25, 0.3) is 0 Å². The summed E-state index contributed by atoms with van der Waals surface area (Å²) < 4.78 is 139. The third kappa shape index (κ3) is 1.53. The number of hydrogen-bond donors (Lipinski definition) is 0. The molecular weight excluding hydrogens is 329 g/mol. The molecule has 0 spiro atoms. The molecule has 1 aliphatic rings. The molecule has 0 aromatic carbocycles. The van der Waals surface area contributed by atoms with Crippen LogP contribution in [0.4, 0.5) is 48.3 Å². The fourth-order valence-electron chi connectivity index (χ4n) is 1.14. The van der Waals surface area contributed by atoms with Crippen molar-refractivity contribution < 1.29 is 48.3 Å². The molecule has 0 aromatic heterocycles. The molecule has 0 nitrogen and oxygen atoms in total. The van der Waals surface area contributed by atoms with Gasteiger partial charge >= 0.3 is 29.6 Å². The van der Waals surface area contributed by atoms with Crippen LogP contribution in [0.25, 0.3) is 0 Å². The molecule has 19 heavy (non-hydrogen) atoms. The molecule has 1 aliphatic carbocycles. The maximum atomic E-state index is 12.7. The Kier molecular flexibility index (Phi) is 3.15. The van der Waals surface area contributed by atoms with Crippen molar-refractivity contribution in [3.63, 3.8) is 0 Å². The highest BCUT2D eigenvalue weighted by Crippen LogP contribution is 2.64. The zero-order valence-corrected chi connectivity index (χ0v) is 8.79. The quantitative estimate of drug-likeness (QED) is 0.570. The molecule has 0 fully saturated rings. The van der Waals surface area contributed by atoms with E-state index in [9.17, 15) is 48.3 Å². The van der Waals surface area contributed by atoms with Crippen molar-refractivity contribution in [1.29, 1.82) is 0 Å². The normalized spacial score (nSPS) is 30.9. The van der Waals surface area contributed by atoms with E-state index in [1.165, 1.54) is 0 Å². The van der Waals surface area contributed by atoms with Crippen LogP contribution in [0.2, 0.25) is 0 Å². The van der Waals surface area contributed by atoms with Crippen LogP contribution in [0, 0.1) is 0 Å². The van der Waals surface area contributed by atoms with Gasteiger partial charge in [-0.2, -0.15) is 43.9 Å². The Morgan fingerprint density at radius 1 is 0.579 bits per heavy atom. The standard InChI is InChI=1S/C7ClF11/c8-1-2(9)4(12,13)6(16,17)7(18,19)5(14,15)3(1,10)11. The second kappa shape index (κ2) is 3.67. The first-order valence-electron chi connectivity index (χ1n) is 4.02. The first kappa shape index (κ1) is 16.3. The maximum Gasteiger partial charge on any atom is 0.385 e. The lowest BCUT2D eigenvalue weighted by Gasteiger charge is -2.35. The Bertz CT molecular complexity index is 396. The van der Waals surface area contributed by atoms with Gasteiger partial charge in [-0.25, -0.2) is 4.39 Å². The van der Waals surface area contributed by atoms with Gasteiger partial charge in [-0.1, -0.05) is 11.6 Å². The number of allylic oxidation sites excluding steroid dienone is 2. The Balaban J connectivity index is 3.84. The van der Waals surface area contributed by atoms with Crippen LogP contribution in [-0.2, 0) is 0 Å². The molecule has 0 radical (unpaired) electrons. The fraction of sp³-hybridized carbons (Fsp3) is 0.714. The van der Waals surface area contributed by atoms with Gasteiger partial charge in [-0.05, 0) is 0 Å². The van der Waals surface area contributed by atoms with Crippen molar-refractivity contribution in [3.8, 4) is 0 Å². The smallest absolute Gasteiger partial charge is 0.203 e. The summed E-state index contributed by atoms with van der Waals surface area (Å²) in [4.78, 5) is 0. The van der Waals surface area contributed by atoms with E-state index in [-0.39, 0.29) is 0 Å². The van der Waals surface area contributed by atoms with Crippen molar-refractivity contribution in [1.82, 2.24) is 0 Å². The van der Waals surface area contributed by atoms with E-state index in [0.29, 0.717) is 0 Å². The van der Waals surface area contributed by atoms with Gasteiger partial charge in [0, 0.05) is 0 Å². The third-order valence-electron chi connectivity index (χ3n) is 2.32. The Hall–Kier alpha value is -0.740. The molecule has 0 aliphatic heterocycles. The molecule has 0 unspecified atom stereocenters. The first-order chi connectivity index (χ1) is 8.07. The summed E-state index contributed by atoms with van der Waals surface area (Å²) in [6.07, 6.45) is 0. The summed E-state index contributed by atoms with van der Waals surface area (Å²) in [5.74, 6) is -38.4. The predicted octanol–water partition coefficient (Wildman–Crippen LogP) is 4.60. The molecule has 1 rings (SSSR count). The zero-order valence-electron chi connectivity index (χ0n) is 8.04. The van der Waals surface area contributed by atoms with Crippen molar-refractivity contribution in [3.05, 3.63) is 10.9 Å².